The molecule has 0 aliphatic heterocycles. The Hall–Kier alpha value is -1.88. The molecule has 6 heteroatoms. The summed E-state index contributed by atoms with van der Waals surface area (Å²) in [4.78, 5) is 0. The molecule has 0 atom stereocenters. The first kappa shape index (κ1) is 14.5. The normalized spacial score (nSPS) is 11.2. The van der Waals surface area contributed by atoms with E-state index in [1.54, 1.807) is 24.3 Å². The second kappa shape index (κ2) is 5.63. The predicted molar refractivity (Wildman–Crippen MR) is 70.1 cm³/mol. The van der Waals surface area contributed by atoms with Gasteiger partial charge in [-0.3, -0.25) is 0 Å². The third-order valence-electron chi connectivity index (χ3n) is 2.59. The number of para-hydroxylation sites is 1. The fourth-order valence-electron chi connectivity index (χ4n) is 1.78. The van der Waals surface area contributed by atoms with Crippen LogP contribution in [0.15, 0.2) is 42.5 Å². The zero-order chi connectivity index (χ0) is 14.8. The van der Waals surface area contributed by atoms with Crippen molar-refractivity contribution in [3.8, 4) is 22.6 Å². The van der Waals surface area contributed by atoms with Crippen LogP contribution >= 0.6 is 11.6 Å². The summed E-state index contributed by atoms with van der Waals surface area (Å²) in [6, 6.07) is 10.7. The van der Waals surface area contributed by atoms with Crippen LogP contribution in [-0.4, -0.2) is 13.5 Å². The van der Waals surface area contributed by atoms with Crippen molar-refractivity contribution in [2.24, 2.45) is 0 Å². The highest BCUT2D eigenvalue weighted by atomic mass is 35.5. The van der Waals surface area contributed by atoms with Crippen molar-refractivity contribution in [2.45, 2.75) is 6.36 Å². The molecule has 0 aromatic heterocycles. The van der Waals surface area contributed by atoms with Crippen LogP contribution in [0.4, 0.5) is 13.2 Å². The van der Waals surface area contributed by atoms with Crippen molar-refractivity contribution in [1.82, 2.24) is 0 Å². The molecule has 0 bridgehead atoms. The lowest BCUT2D eigenvalue weighted by molar-refractivity contribution is -0.274. The summed E-state index contributed by atoms with van der Waals surface area (Å²) in [7, 11) is 1.43. The Morgan fingerprint density at radius 3 is 2.15 bits per heavy atom. The minimum absolute atomic E-state index is 0.230. The largest absolute Gasteiger partial charge is 0.573 e. The SMILES string of the molecule is COc1cccc(-c2ccccc2OC(F)(F)F)c1Cl. The van der Waals surface area contributed by atoms with Crippen molar-refractivity contribution in [3.63, 3.8) is 0 Å². The average molecular weight is 303 g/mol. The molecule has 0 aliphatic rings. The topological polar surface area (TPSA) is 18.5 Å². The highest BCUT2D eigenvalue weighted by Crippen LogP contribution is 2.40. The predicted octanol–water partition coefficient (Wildman–Crippen LogP) is 4.91. The van der Waals surface area contributed by atoms with Gasteiger partial charge in [0.15, 0.2) is 0 Å². The van der Waals surface area contributed by atoms with Gasteiger partial charge in [0.05, 0.1) is 12.1 Å². The number of alkyl halides is 3. The molecule has 0 amide bonds. The Labute approximate surface area is 118 Å². The summed E-state index contributed by atoms with van der Waals surface area (Å²) in [5.74, 6) is 0.0705. The van der Waals surface area contributed by atoms with Crippen molar-refractivity contribution in [2.75, 3.05) is 7.11 Å². The number of benzene rings is 2. The third-order valence-corrected chi connectivity index (χ3v) is 2.98. The van der Waals surface area contributed by atoms with Gasteiger partial charge in [-0.1, -0.05) is 41.9 Å². The first-order chi connectivity index (χ1) is 9.42. The van der Waals surface area contributed by atoms with Crippen LogP contribution in [0.25, 0.3) is 11.1 Å². The van der Waals surface area contributed by atoms with Gasteiger partial charge >= 0.3 is 6.36 Å². The van der Waals surface area contributed by atoms with Gasteiger partial charge in [-0.25, -0.2) is 0 Å². The van der Waals surface area contributed by atoms with E-state index in [9.17, 15) is 13.2 Å². The Bertz CT molecular complexity index is 612. The number of hydrogen-bond donors (Lipinski definition) is 0. The minimum atomic E-state index is -4.76. The van der Waals surface area contributed by atoms with Gasteiger partial charge in [-0.05, 0) is 12.1 Å². The number of hydrogen-bond acceptors (Lipinski definition) is 2. The molecule has 2 aromatic rings. The maximum atomic E-state index is 12.4. The maximum absolute atomic E-state index is 12.4. The van der Waals surface area contributed by atoms with Crippen LogP contribution in [0.1, 0.15) is 0 Å². The van der Waals surface area contributed by atoms with Crippen LogP contribution in [-0.2, 0) is 0 Å². The van der Waals surface area contributed by atoms with E-state index in [1.165, 1.54) is 25.3 Å². The van der Waals surface area contributed by atoms with Crippen molar-refractivity contribution in [3.05, 3.63) is 47.5 Å². The van der Waals surface area contributed by atoms with E-state index in [0.717, 1.165) is 0 Å². The van der Waals surface area contributed by atoms with E-state index in [0.29, 0.717) is 11.3 Å². The second-order valence-electron chi connectivity index (χ2n) is 3.87. The van der Waals surface area contributed by atoms with Gasteiger partial charge in [0, 0.05) is 11.1 Å². The molecule has 0 spiro atoms. The molecule has 0 fully saturated rings. The fraction of sp³-hybridized carbons (Fsp3) is 0.143. The molecule has 106 valence electrons. The van der Waals surface area contributed by atoms with E-state index < -0.39 is 6.36 Å². The highest BCUT2D eigenvalue weighted by Gasteiger charge is 2.32. The van der Waals surface area contributed by atoms with Gasteiger partial charge in [0.2, 0.25) is 0 Å². The first-order valence-corrected chi connectivity index (χ1v) is 5.98. The molecule has 2 aromatic carbocycles. The smallest absolute Gasteiger partial charge is 0.495 e. The molecule has 0 aliphatic carbocycles. The quantitative estimate of drug-likeness (QED) is 0.801. The third kappa shape index (κ3) is 3.17. The molecule has 0 saturated heterocycles. The summed E-state index contributed by atoms with van der Waals surface area (Å²) in [6.45, 7) is 0. The number of ether oxygens (including phenoxy) is 2. The van der Waals surface area contributed by atoms with E-state index in [4.69, 9.17) is 16.3 Å². The van der Waals surface area contributed by atoms with Gasteiger partial charge < -0.3 is 9.47 Å². The monoisotopic (exact) mass is 302 g/mol. The van der Waals surface area contributed by atoms with Crippen molar-refractivity contribution >= 4 is 11.6 Å². The zero-order valence-electron chi connectivity index (χ0n) is 10.4. The molecule has 0 unspecified atom stereocenters. The fourth-order valence-corrected chi connectivity index (χ4v) is 2.08. The summed E-state index contributed by atoms with van der Waals surface area (Å²) in [6.07, 6.45) is -4.76. The molecule has 0 N–H and O–H groups in total. The van der Waals surface area contributed by atoms with Gasteiger partial charge in [-0.2, -0.15) is 0 Å². The molecular formula is C14H10ClF3O2. The molecule has 0 radical (unpaired) electrons. The lowest BCUT2D eigenvalue weighted by atomic mass is 10.0. The van der Waals surface area contributed by atoms with Crippen molar-refractivity contribution < 1.29 is 22.6 Å². The summed E-state index contributed by atoms with van der Waals surface area (Å²) in [5, 5.41) is 0.230. The van der Waals surface area contributed by atoms with Crippen molar-refractivity contribution in [1.29, 1.82) is 0 Å². The minimum Gasteiger partial charge on any atom is -0.495 e. The van der Waals surface area contributed by atoms with Crippen LogP contribution in [0.3, 0.4) is 0 Å². The number of rotatable bonds is 3. The summed E-state index contributed by atoms with van der Waals surface area (Å²) < 4.78 is 46.3. The highest BCUT2D eigenvalue weighted by molar-refractivity contribution is 6.34. The van der Waals surface area contributed by atoms with E-state index >= 15 is 0 Å². The van der Waals surface area contributed by atoms with E-state index in [1.807, 2.05) is 0 Å². The molecular weight excluding hydrogens is 293 g/mol. The van der Waals surface area contributed by atoms with E-state index in [2.05, 4.69) is 4.74 Å². The second-order valence-corrected chi connectivity index (χ2v) is 4.24. The Morgan fingerprint density at radius 1 is 0.900 bits per heavy atom. The Balaban J connectivity index is 2.53. The van der Waals surface area contributed by atoms with Gasteiger partial charge in [0.25, 0.3) is 0 Å². The first-order valence-electron chi connectivity index (χ1n) is 5.60. The summed E-state index contributed by atoms with van der Waals surface area (Å²) >= 11 is 6.12. The molecule has 20 heavy (non-hydrogen) atoms. The Morgan fingerprint density at radius 2 is 1.50 bits per heavy atom. The molecule has 2 nitrogen and oxygen atoms in total. The number of halogens is 4. The molecule has 0 heterocycles. The number of methoxy groups -OCH3 is 1. The van der Waals surface area contributed by atoms with Crippen LogP contribution < -0.4 is 9.47 Å². The van der Waals surface area contributed by atoms with Crippen LogP contribution in [0, 0.1) is 0 Å². The van der Waals surface area contributed by atoms with Crippen LogP contribution in [0.2, 0.25) is 5.02 Å². The van der Waals surface area contributed by atoms with Gasteiger partial charge in [-0.15, -0.1) is 13.2 Å². The maximum Gasteiger partial charge on any atom is 0.573 e. The molecule has 0 saturated carbocycles. The zero-order valence-corrected chi connectivity index (χ0v) is 11.1. The summed E-state index contributed by atoms with van der Waals surface area (Å²) in [5.41, 5.74) is 0.652. The molecule has 2 rings (SSSR count). The van der Waals surface area contributed by atoms with E-state index in [-0.39, 0.29) is 16.3 Å². The average Bonchev–Trinajstić information content (AvgIpc) is 2.38. The standard InChI is InChI=1S/C14H10ClF3O2/c1-19-12-8-4-6-10(13(12)15)9-5-2-3-7-11(9)20-14(16,17)18/h2-8H,1H3. The van der Waals surface area contributed by atoms with Gasteiger partial charge in [0.1, 0.15) is 11.5 Å². The Kier molecular flexibility index (Phi) is 4.09. The lowest BCUT2D eigenvalue weighted by Gasteiger charge is -2.15. The van der Waals surface area contributed by atoms with Crippen LogP contribution in [0.5, 0.6) is 11.5 Å². The lowest BCUT2D eigenvalue weighted by Crippen LogP contribution is -2.17.